The second kappa shape index (κ2) is 5.11. The van der Waals surface area contributed by atoms with Gasteiger partial charge in [0.15, 0.2) is 0 Å². The molecule has 1 fully saturated rings. The van der Waals surface area contributed by atoms with Crippen molar-refractivity contribution in [2.24, 2.45) is 0 Å². The summed E-state index contributed by atoms with van der Waals surface area (Å²) in [6, 6.07) is 0. The number of ether oxygens (including phenoxy) is 1. The molecule has 16 heavy (non-hydrogen) atoms. The predicted molar refractivity (Wildman–Crippen MR) is 57.6 cm³/mol. The summed E-state index contributed by atoms with van der Waals surface area (Å²) in [6.07, 6.45) is 0.804. The monoisotopic (exact) mass is 251 g/mol. The van der Waals surface area contributed by atoms with E-state index in [1.807, 2.05) is 0 Å². The minimum Gasteiger partial charge on any atom is -0.480 e. The van der Waals surface area contributed by atoms with Crippen molar-refractivity contribution < 1.29 is 23.1 Å². The maximum absolute atomic E-state index is 11.6. The summed E-state index contributed by atoms with van der Waals surface area (Å²) in [5.41, 5.74) is -1.38. The van der Waals surface area contributed by atoms with Gasteiger partial charge in [-0.25, -0.2) is 8.42 Å². The van der Waals surface area contributed by atoms with Gasteiger partial charge in [-0.15, -0.1) is 0 Å². The van der Waals surface area contributed by atoms with Crippen molar-refractivity contribution in [1.29, 1.82) is 0 Å². The van der Waals surface area contributed by atoms with Crippen LogP contribution in [0.5, 0.6) is 0 Å². The van der Waals surface area contributed by atoms with Crippen molar-refractivity contribution in [3.63, 3.8) is 0 Å². The summed E-state index contributed by atoms with van der Waals surface area (Å²) in [4.78, 5) is 11.2. The third-order valence-electron chi connectivity index (χ3n) is 2.58. The van der Waals surface area contributed by atoms with E-state index < -0.39 is 21.5 Å². The maximum atomic E-state index is 11.6. The summed E-state index contributed by atoms with van der Waals surface area (Å²) in [5.74, 6) is -1.18. The summed E-state index contributed by atoms with van der Waals surface area (Å²) >= 11 is 0. The van der Waals surface area contributed by atoms with Gasteiger partial charge in [-0.3, -0.25) is 4.79 Å². The third kappa shape index (κ3) is 3.16. The molecular formula is C9H17NO5S. The van der Waals surface area contributed by atoms with E-state index in [1.165, 1.54) is 0 Å². The standard InChI is InChI=1S/C9H17NO5S/c1-2-7-16(13,14)10-9(8(11)12)3-5-15-6-4-9/h10H,2-7H2,1H3,(H,11,12). The highest BCUT2D eigenvalue weighted by molar-refractivity contribution is 7.89. The highest BCUT2D eigenvalue weighted by Crippen LogP contribution is 2.22. The van der Waals surface area contributed by atoms with Crippen molar-refractivity contribution in [3.8, 4) is 0 Å². The zero-order valence-electron chi connectivity index (χ0n) is 9.23. The zero-order chi connectivity index (χ0) is 12.2. The molecule has 0 saturated carbocycles. The van der Waals surface area contributed by atoms with Crippen LogP contribution >= 0.6 is 0 Å². The van der Waals surface area contributed by atoms with Crippen LogP contribution in [-0.2, 0) is 19.6 Å². The van der Waals surface area contributed by atoms with Crippen LogP contribution in [0.25, 0.3) is 0 Å². The number of carbonyl (C=O) groups is 1. The molecule has 0 aromatic carbocycles. The van der Waals surface area contributed by atoms with Crippen LogP contribution < -0.4 is 4.72 Å². The predicted octanol–water partition coefficient (Wildman–Crippen LogP) is -0.0504. The van der Waals surface area contributed by atoms with Gasteiger partial charge in [0, 0.05) is 26.1 Å². The largest absolute Gasteiger partial charge is 0.480 e. The van der Waals surface area contributed by atoms with Crippen molar-refractivity contribution in [3.05, 3.63) is 0 Å². The normalized spacial score (nSPS) is 20.6. The first-order chi connectivity index (χ1) is 7.42. The van der Waals surface area contributed by atoms with E-state index in [0.29, 0.717) is 6.42 Å². The number of nitrogens with one attached hydrogen (secondary N) is 1. The minimum absolute atomic E-state index is 0.0527. The van der Waals surface area contributed by atoms with Crippen LogP contribution in [0.4, 0.5) is 0 Å². The SMILES string of the molecule is CCCS(=O)(=O)NC1(C(=O)O)CCOCC1. The Morgan fingerprint density at radius 3 is 2.44 bits per heavy atom. The second-order valence-corrected chi connectivity index (χ2v) is 5.76. The lowest BCUT2D eigenvalue weighted by Crippen LogP contribution is -2.57. The fourth-order valence-corrected chi connectivity index (χ4v) is 3.22. The van der Waals surface area contributed by atoms with E-state index in [-0.39, 0.29) is 31.8 Å². The Bertz CT molecular complexity index is 345. The molecule has 0 radical (unpaired) electrons. The van der Waals surface area contributed by atoms with E-state index in [0.717, 1.165) is 0 Å². The smallest absolute Gasteiger partial charge is 0.325 e. The highest BCUT2D eigenvalue weighted by Gasteiger charge is 2.43. The van der Waals surface area contributed by atoms with Crippen LogP contribution in [0, 0.1) is 0 Å². The first-order valence-corrected chi connectivity index (χ1v) is 6.90. The average Bonchev–Trinajstić information content (AvgIpc) is 2.17. The third-order valence-corrected chi connectivity index (χ3v) is 4.23. The number of carboxylic acid groups (broad SMARTS) is 1. The Hall–Kier alpha value is -0.660. The molecule has 2 N–H and O–H groups in total. The molecule has 0 aromatic rings. The van der Waals surface area contributed by atoms with Gasteiger partial charge in [-0.1, -0.05) is 6.92 Å². The lowest BCUT2D eigenvalue weighted by atomic mass is 9.92. The number of rotatable bonds is 5. The Kier molecular flexibility index (Phi) is 4.28. The van der Waals surface area contributed by atoms with E-state index in [9.17, 15) is 13.2 Å². The molecular weight excluding hydrogens is 234 g/mol. The minimum atomic E-state index is -3.52. The molecule has 0 unspecified atom stereocenters. The Labute approximate surface area is 95.0 Å². The average molecular weight is 251 g/mol. The van der Waals surface area contributed by atoms with E-state index in [4.69, 9.17) is 9.84 Å². The summed E-state index contributed by atoms with van der Waals surface area (Å²) in [6.45, 7) is 2.26. The number of aliphatic carboxylic acids is 1. The van der Waals surface area contributed by atoms with Crippen molar-refractivity contribution >= 4 is 16.0 Å². The Morgan fingerprint density at radius 2 is 2.00 bits per heavy atom. The van der Waals surface area contributed by atoms with Gasteiger partial charge in [0.05, 0.1) is 5.75 Å². The van der Waals surface area contributed by atoms with Gasteiger partial charge in [0.1, 0.15) is 5.54 Å². The van der Waals surface area contributed by atoms with Gasteiger partial charge >= 0.3 is 5.97 Å². The van der Waals surface area contributed by atoms with Crippen molar-refractivity contribution in [1.82, 2.24) is 4.72 Å². The molecule has 1 heterocycles. The van der Waals surface area contributed by atoms with Gasteiger partial charge in [0.2, 0.25) is 10.0 Å². The van der Waals surface area contributed by atoms with Gasteiger partial charge in [-0.05, 0) is 6.42 Å². The fraction of sp³-hybridized carbons (Fsp3) is 0.889. The Balaban J connectivity index is 2.83. The summed E-state index contributed by atoms with van der Waals surface area (Å²) < 4.78 is 30.5. The van der Waals surface area contributed by atoms with Crippen LogP contribution in [-0.4, -0.2) is 44.0 Å². The number of hydrogen-bond donors (Lipinski definition) is 2. The molecule has 6 nitrogen and oxygen atoms in total. The van der Waals surface area contributed by atoms with Crippen LogP contribution in [0.1, 0.15) is 26.2 Å². The molecule has 0 aliphatic carbocycles. The van der Waals surface area contributed by atoms with E-state index >= 15 is 0 Å². The second-order valence-electron chi connectivity index (χ2n) is 3.92. The lowest BCUT2D eigenvalue weighted by molar-refractivity contribution is -0.147. The van der Waals surface area contributed by atoms with Crippen LogP contribution in [0.3, 0.4) is 0 Å². The quantitative estimate of drug-likeness (QED) is 0.714. The van der Waals surface area contributed by atoms with Crippen molar-refractivity contribution in [2.75, 3.05) is 19.0 Å². The van der Waals surface area contributed by atoms with E-state index in [2.05, 4.69) is 4.72 Å². The first kappa shape index (κ1) is 13.4. The maximum Gasteiger partial charge on any atom is 0.325 e. The first-order valence-electron chi connectivity index (χ1n) is 5.25. The molecule has 0 spiro atoms. The van der Waals surface area contributed by atoms with Crippen LogP contribution in [0.15, 0.2) is 0 Å². The molecule has 0 amide bonds. The zero-order valence-corrected chi connectivity index (χ0v) is 10.0. The fourth-order valence-electron chi connectivity index (χ4n) is 1.70. The topological polar surface area (TPSA) is 92.7 Å². The molecule has 1 rings (SSSR count). The molecule has 7 heteroatoms. The molecule has 1 aliphatic rings. The van der Waals surface area contributed by atoms with Crippen LogP contribution in [0.2, 0.25) is 0 Å². The molecule has 1 saturated heterocycles. The van der Waals surface area contributed by atoms with Crippen molar-refractivity contribution in [2.45, 2.75) is 31.7 Å². The van der Waals surface area contributed by atoms with Gasteiger partial charge in [0.25, 0.3) is 0 Å². The van der Waals surface area contributed by atoms with Gasteiger partial charge in [-0.2, -0.15) is 4.72 Å². The Morgan fingerprint density at radius 1 is 1.44 bits per heavy atom. The number of sulfonamides is 1. The number of carboxylic acids is 1. The summed E-state index contributed by atoms with van der Waals surface area (Å²) in [5, 5.41) is 9.14. The van der Waals surface area contributed by atoms with E-state index in [1.54, 1.807) is 6.92 Å². The molecule has 94 valence electrons. The molecule has 0 bridgehead atoms. The molecule has 0 atom stereocenters. The number of hydrogen-bond acceptors (Lipinski definition) is 4. The highest BCUT2D eigenvalue weighted by atomic mass is 32.2. The molecule has 1 aliphatic heterocycles. The summed E-state index contributed by atoms with van der Waals surface area (Å²) in [7, 11) is -3.52. The lowest BCUT2D eigenvalue weighted by Gasteiger charge is -2.33. The molecule has 0 aromatic heterocycles. The van der Waals surface area contributed by atoms with Gasteiger partial charge < -0.3 is 9.84 Å².